The van der Waals surface area contributed by atoms with E-state index in [9.17, 15) is 14.0 Å². The number of anilines is 1. The van der Waals surface area contributed by atoms with Gasteiger partial charge in [0.05, 0.1) is 24.0 Å². The van der Waals surface area contributed by atoms with Crippen LogP contribution in [0.2, 0.25) is 0 Å². The summed E-state index contributed by atoms with van der Waals surface area (Å²) in [6, 6.07) is 7.14. The highest BCUT2D eigenvalue weighted by atomic mass is 32.2. The van der Waals surface area contributed by atoms with Crippen molar-refractivity contribution in [1.29, 1.82) is 0 Å². The molecule has 8 nitrogen and oxygen atoms in total. The SMILES string of the molecule is COC(=O)c1cc(NC(=O)CSc2nnc(-c3cccnc3)o2)ccc1F. The van der Waals surface area contributed by atoms with Gasteiger partial charge < -0.3 is 14.5 Å². The molecule has 0 spiro atoms. The van der Waals surface area contributed by atoms with E-state index in [1.54, 1.807) is 24.5 Å². The molecule has 0 saturated carbocycles. The number of aromatic nitrogens is 3. The minimum atomic E-state index is -0.827. The van der Waals surface area contributed by atoms with Crippen molar-refractivity contribution in [1.82, 2.24) is 15.2 Å². The molecule has 2 heterocycles. The summed E-state index contributed by atoms with van der Waals surface area (Å²) < 4.78 is 23.6. The number of benzene rings is 1. The first-order chi connectivity index (χ1) is 13.1. The van der Waals surface area contributed by atoms with Crippen molar-refractivity contribution < 1.29 is 23.1 Å². The van der Waals surface area contributed by atoms with Crippen LogP contribution in [0.25, 0.3) is 11.5 Å². The van der Waals surface area contributed by atoms with E-state index in [1.165, 1.54) is 12.1 Å². The number of thioether (sulfide) groups is 1. The number of hydrogen-bond acceptors (Lipinski definition) is 8. The van der Waals surface area contributed by atoms with E-state index in [-0.39, 0.29) is 28.1 Å². The number of nitrogens with one attached hydrogen (secondary N) is 1. The van der Waals surface area contributed by atoms with Gasteiger partial charge in [-0.2, -0.15) is 0 Å². The summed E-state index contributed by atoms with van der Waals surface area (Å²) in [4.78, 5) is 27.5. The summed E-state index contributed by atoms with van der Waals surface area (Å²) in [5.41, 5.74) is 0.674. The third-order valence-corrected chi connectivity index (χ3v) is 4.12. The Bertz CT molecular complexity index is 965. The summed E-state index contributed by atoms with van der Waals surface area (Å²) in [6.07, 6.45) is 3.21. The largest absolute Gasteiger partial charge is 0.465 e. The lowest BCUT2D eigenvalue weighted by molar-refractivity contribution is -0.113. The van der Waals surface area contributed by atoms with Crippen LogP contribution in [-0.4, -0.2) is 39.9 Å². The van der Waals surface area contributed by atoms with Gasteiger partial charge in [-0.1, -0.05) is 11.8 Å². The number of rotatable bonds is 6. The highest BCUT2D eigenvalue weighted by Gasteiger charge is 2.15. The lowest BCUT2D eigenvalue weighted by Crippen LogP contribution is -2.15. The van der Waals surface area contributed by atoms with E-state index in [0.29, 0.717) is 11.5 Å². The van der Waals surface area contributed by atoms with Crippen LogP contribution in [0.15, 0.2) is 52.4 Å². The Morgan fingerprint density at radius 1 is 1.30 bits per heavy atom. The van der Waals surface area contributed by atoms with Crippen LogP contribution < -0.4 is 5.32 Å². The molecule has 0 aliphatic carbocycles. The number of esters is 1. The average molecular weight is 388 g/mol. The minimum absolute atomic E-state index is 0.0143. The van der Waals surface area contributed by atoms with Gasteiger partial charge in [-0.3, -0.25) is 9.78 Å². The topological polar surface area (TPSA) is 107 Å². The molecule has 0 aliphatic rings. The molecule has 1 amide bonds. The van der Waals surface area contributed by atoms with Crippen LogP contribution in [0.5, 0.6) is 0 Å². The van der Waals surface area contributed by atoms with Crippen molar-refractivity contribution in [2.75, 3.05) is 18.2 Å². The quantitative estimate of drug-likeness (QED) is 0.507. The van der Waals surface area contributed by atoms with Crippen molar-refractivity contribution in [2.24, 2.45) is 0 Å². The summed E-state index contributed by atoms with van der Waals surface area (Å²) in [7, 11) is 1.15. The summed E-state index contributed by atoms with van der Waals surface area (Å²) >= 11 is 1.04. The van der Waals surface area contributed by atoms with Crippen LogP contribution in [0, 0.1) is 5.82 Å². The van der Waals surface area contributed by atoms with Crippen LogP contribution in [-0.2, 0) is 9.53 Å². The van der Waals surface area contributed by atoms with E-state index in [0.717, 1.165) is 24.9 Å². The monoisotopic (exact) mass is 388 g/mol. The zero-order valence-corrected chi connectivity index (χ0v) is 14.8. The standard InChI is InChI=1S/C17H13FN4O4S/c1-25-16(24)12-7-11(4-5-13(12)18)20-14(23)9-27-17-22-21-15(26-17)10-3-2-6-19-8-10/h2-8H,9H2,1H3,(H,20,23). The summed E-state index contributed by atoms with van der Waals surface area (Å²) in [6.45, 7) is 0. The summed E-state index contributed by atoms with van der Waals surface area (Å²) in [5.74, 6) is -1.66. The zero-order valence-electron chi connectivity index (χ0n) is 14.0. The fourth-order valence-corrected chi connectivity index (χ4v) is 2.63. The van der Waals surface area contributed by atoms with Gasteiger partial charge in [0.1, 0.15) is 5.82 Å². The van der Waals surface area contributed by atoms with Gasteiger partial charge in [0.15, 0.2) is 0 Å². The lowest BCUT2D eigenvalue weighted by Gasteiger charge is -2.07. The smallest absolute Gasteiger partial charge is 0.340 e. The number of hydrogen-bond donors (Lipinski definition) is 1. The first kappa shape index (κ1) is 18.5. The normalized spacial score (nSPS) is 10.4. The Morgan fingerprint density at radius 2 is 2.15 bits per heavy atom. The van der Waals surface area contributed by atoms with Gasteiger partial charge in [-0.15, -0.1) is 10.2 Å². The molecule has 1 N–H and O–H groups in total. The third kappa shape index (κ3) is 4.67. The number of carbonyl (C=O) groups is 2. The van der Waals surface area contributed by atoms with Crippen LogP contribution in [0.4, 0.5) is 10.1 Å². The van der Waals surface area contributed by atoms with Crippen LogP contribution in [0.3, 0.4) is 0 Å². The van der Waals surface area contributed by atoms with Gasteiger partial charge in [0.2, 0.25) is 11.8 Å². The Kier molecular flexibility index (Phi) is 5.77. The Balaban J connectivity index is 1.59. The Hall–Kier alpha value is -3.27. The molecule has 0 atom stereocenters. The molecule has 0 radical (unpaired) electrons. The van der Waals surface area contributed by atoms with Gasteiger partial charge in [0, 0.05) is 18.1 Å². The number of halogens is 1. The van der Waals surface area contributed by atoms with Crippen molar-refractivity contribution in [3.63, 3.8) is 0 Å². The summed E-state index contributed by atoms with van der Waals surface area (Å²) in [5, 5.41) is 10.5. The van der Waals surface area contributed by atoms with E-state index in [2.05, 4.69) is 25.2 Å². The van der Waals surface area contributed by atoms with Crippen molar-refractivity contribution in [3.05, 3.63) is 54.1 Å². The second kappa shape index (κ2) is 8.41. The van der Waals surface area contributed by atoms with Crippen LogP contribution in [0.1, 0.15) is 10.4 Å². The molecule has 0 bridgehead atoms. The van der Waals surface area contributed by atoms with E-state index < -0.39 is 11.8 Å². The Labute approximate surface area is 157 Å². The third-order valence-electron chi connectivity index (χ3n) is 3.30. The van der Waals surface area contributed by atoms with E-state index in [1.807, 2.05) is 0 Å². The van der Waals surface area contributed by atoms with E-state index in [4.69, 9.17) is 4.42 Å². The van der Waals surface area contributed by atoms with Gasteiger partial charge in [0.25, 0.3) is 5.22 Å². The molecule has 2 aromatic heterocycles. The molecular formula is C17H13FN4O4S. The number of ether oxygens (including phenoxy) is 1. The maximum Gasteiger partial charge on any atom is 0.340 e. The fraction of sp³-hybridized carbons (Fsp3) is 0.118. The molecular weight excluding hydrogens is 375 g/mol. The maximum absolute atomic E-state index is 13.6. The molecule has 0 aliphatic heterocycles. The van der Waals surface area contributed by atoms with Crippen molar-refractivity contribution in [2.45, 2.75) is 5.22 Å². The highest BCUT2D eigenvalue weighted by Crippen LogP contribution is 2.23. The van der Waals surface area contributed by atoms with Gasteiger partial charge in [-0.25, -0.2) is 9.18 Å². The van der Waals surface area contributed by atoms with E-state index >= 15 is 0 Å². The number of amides is 1. The molecule has 3 rings (SSSR count). The predicted molar refractivity (Wildman–Crippen MR) is 94.6 cm³/mol. The molecule has 138 valence electrons. The van der Waals surface area contributed by atoms with Gasteiger partial charge in [-0.05, 0) is 30.3 Å². The molecule has 27 heavy (non-hydrogen) atoms. The number of pyridine rings is 1. The van der Waals surface area contributed by atoms with Crippen LogP contribution >= 0.6 is 11.8 Å². The van der Waals surface area contributed by atoms with Crippen molar-refractivity contribution in [3.8, 4) is 11.5 Å². The molecule has 3 aromatic rings. The first-order valence-electron chi connectivity index (χ1n) is 7.61. The minimum Gasteiger partial charge on any atom is -0.465 e. The number of nitrogens with zero attached hydrogens (tertiary/aromatic N) is 3. The van der Waals surface area contributed by atoms with Gasteiger partial charge >= 0.3 is 5.97 Å². The number of methoxy groups -OCH3 is 1. The predicted octanol–water partition coefficient (Wildman–Crippen LogP) is 2.79. The lowest BCUT2D eigenvalue weighted by atomic mass is 10.2. The van der Waals surface area contributed by atoms with Crippen molar-refractivity contribution >= 4 is 29.3 Å². The molecule has 10 heteroatoms. The second-order valence-corrected chi connectivity index (χ2v) is 6.06. The fourth-order valence-electron chi connectivity index (χ4n) is 2.07. The second-order valence-electron chi connectivity index (χ2n) is 5.14. The molecule has 0 fully saturated rings. The average Bonchev–Trinajstić information content (AvgIpc) is 3.17. The maximum atomic E-state index is 13.6. The first-order valence-corrected chi connectivity index (χ1v) is 8.60. The molecule has 0 saturated heterocycles. The Morgan fingerprint density at radius 3 is 2.89 bits per heavy atom. The zero-order chi connectivity index (χ0) is 19.2. The molecule has 0 unspecified atom stereocenters. The number of carbonyl (C=O) groups excluding carboxylic acids is 2. The highest BCUT2D eigenvalue weighted by molar-refractivity contribution is 7.99. The molecule has 1 aromatic carbocycles.